The molecule has 188 valence electrons. The Labute approximate surface area is 217 Å². The first kappa shape index (κ1) is 25.6. The molecule has 2 aromatic carbocycles. The number of anilines is 2. The summed E-state index contributed by atoms with van der Waals surface area (Å²) < 4.78 is 1.96. The minimum Gasteiger partial charge on any atom is -0.383 e. The summed E-state index contributed by atoms with van der Waals surface area (Å²) >= 11 is 0. The largest absolute Gasteiger partial charge is 0.383 e. The summed E-state index contributed by atoms with van der Waals surface area (Å²) in [5.74, 6) is 0.741. The van der Waals surface area contributed by atoms with Crippen molar-refractivity contribution < 1.29 is 4.79 Å². The van der Waals surface area contributed by atoms with E-state index in [9.17, 15) is 4.79 Å². The second kappa shape index (κ2) is 10.6. The van der Waals surface area contributed by atoms with E-state index in [0.717, 1.165) is 48.2 Å². The molecular weight excluding hydrogens is 474 g/mol. The van der Waals surface area contributed by atoms with E-state index < -0.39 is 0 Å². The third-order valence-electron chi connectivity index (χ3n) is 6.77. The summed E-state index contributed by atoms with van der Waals surface area (Å²) in [7, 11) is 1.80. The molecule has 9 heteroatoms. The monoisotopic (exact) mass is 505 g/mol. The summed E-state index contributed by atoms with van der Waals surface area (Å²) in [5, 5.41) is 9.10. The van der Waals surface area contributed by atoms with Gasteiger partial charge in [0, 0.05) is 30.4 Å². The predicted octanol–water partition coefficient (Wildman–Crippen LogP) is 4.82. The number of rotatable bonds is 5. The fourth-order valence-electron chi connectivity index (χ4n) is 4.69. The first-order chi connectivity index (χ1) is 16.9. The van der Waals surface area contributed by atoms with Gasteiger partial charge in [-0.2, -0.15) is 5.10 Å². The quantitative estimate of drug-likeness (QED) is 0.403. The molecular formula is C27H32ClN7O. The van der Waals surface area contributed by atoms with Gasteiger partial charge >= 0.3 is 0 Å². The fraction of sp³-hybridized carbons (Fsp3) is 0.333. The number of nitrogens with zero attached hydrogens (tertiary/aromatic N) is 5. The van der Waals surface area contributed by atoms with Crippen LogP contribution in [0, 0.1) is 0 Å². The molecule has 1 aliphatic heterocycles. The van der Waals surface area contributed by atoms with E-state index in [2.05, 4.69) is 41.3 Å². The highest BCUT2D eigenvalue weighted by Gasteiger charge is 2.24. The van der Waals surface area contributed by atoms with Gasteiger partial charge in [-0.15, -0.1) is 12.4 Å². The van der Waals surface area contributed by atoms with Gasteiger partial charge in [0.25, 0.3) is 5.91 Å². The highest BCUT2D eigenvalue weighted by Crippen LogP contribution is 2.33. The summed E-state index contributed by atoms with van der Waals surface area (Å²) in [5.41, 5.74) is 11.2. The number of hydrogen-bond donors (Lipinski definition) is 2. The third-order valence-corrected chi connectivity index (χ3v) is 6.77. The van der Waals surface area contributed by atoms with Crippen molar-refractivity contribution in [3.63, 3.8) is 0 Å². The van der Waals surface area contributed by atoms with Crippen LogP contribution in [0.2, 0.25) is 0 Å². The number of hydrogen-bond acceptors (Lipinski definition) is 6. The van der Waals surface area contributed by atoms with Gasteiger partial charge in [0.05, 0.1) is 11.4 Å². The van der Waals surface area contributed by atoms with Crippen LogP contribution in [0.3, 0.4) is 0 Å². The molecule has 0 bridgehead atoms. The molecule has 0 saturated carbocycles. The second-order valence-corrected chi connectivity index (χ2v) is 9.44. The average molecular weight is 506 g/mol. The molecule has 0 spiro atoms. The number of fused-ring (bicyclic) bond motifs is 1. The molecule has 2 aromatic heterocycles. The Morgan fingerprint density at radius 1 is 1.17 bits per heavy atom. The summed E-state index contributed by atoms with van der Waals surface area (Å²) in [6.45, 7) is 6.16. The van der Waals surface area contributed by atoms with Gasteiger partial charge < -0.3 is 16.0 Å². The van der Waals surface area contributed by atoms with Gasteiger partial charge in [-0.3, -0.25) is 4.79 Å². The van der Waals surface area contributed by atoms with Crippen LogP contribution < -0.4 is 16.0 Å². The molecule has 0 radical (unpaired) electrons. The lowest BCUT2D eigenvalue weighted by Gasteiger charge is -2.23. The van der Waals surface area contributed by atoms with Crippen LogP contribution in [-0.4, -0.2) is 45.8 Å². The number of nitrogens with two attached hydrogens (primary N) is 1. The van der Waals surface area contributed by atoms with E-state index >= 15 is 0 Å². The van der Waals surface area contributed by atoms with Crippen molar-refractivity contribution >= 4 is 40.9 Å². The lowest BCUT2D eigenvalue weighted by atomic mass is 10.0. The Hall–Kier alpha value is -3.49. The first-order valence-corrected chi connectivity index (χ1v) is 12.1. The number of carbonyl (C=O) groups is 1. The molecule has 8 nitrogen and oxygen atoms in total. The predicted molar refractivity (Wildman–Crippen MR) is 147 cm³/mol. The van der Waals surface area contributed by atoms with Crippen molar-refractivity contribution in [2.24, 2.45) is 0 Å². The highest BCUT2D eigenvalue weighted by molar-refractivity contribution is 6.07. The van der Waals surface area contributed by atoms with Gasteiger partial charge in [0.15, 0.2) is 5.65 Å². The topological polar surface area (TPSA) is 102 Å². The molecule has 1 atom stereocenters. The van der Waals surface area contributed by atoms with Gasteiger partial charge in [0.1, 0.15) is 17.8 Å². The SMILES string of the molecule is CC(C)c1ccc(N(C)C(=O)c2cccc(-c3nn([C@@H]4CCCNC4)c4ncnc(N)c34)c2)cc1.Cl. The van der Waals surface area contributed by atoms with E-state index in [1.807, 2.05) is 41.1 Å². The summed E-state index contributed by atoms with van der Waals surface area (Å²) in [6, 6.07) is 15.8. The molecule has 3 N–H and O–H groups in total. The minimum atomic E-state index is -0.0893. The minimum absolute atomic E-state index is 0. The Bertz CT molecular complexity index is 1360. The van der Waals surface area contributed by atoms with E-state index in [1.54, 1.807) is 11.9 Å². The van der Waals surface area contributed by atoms with Crippen LogP contribution in [0.5, 0.6) is 0 Å². The zero-order chi connectivity index (χ0) is 24.5. The maximum Gasteiger partial charge on any atom is 0.258 e. The molecule has 1 saturated heterocycles. The van der Waals surface area contributed by atoms with Crippen molar-refractivity contribution in [3.8, 4) is 11.3 Å². The maximum atomic E-state index is 13.4. The Kier molecular flexibility index (Phi) is 7.56. The number of benzene rings is 2. The van der Waals surface area contributed by atoms with E-state index in [4.69, 9.17) is 10.8 Å². The normalized spacial score (nSPS) is 15.6. The number of carbonyl (C=O) groups excluding carboxylic acids is 1. The Morgan fingerprint density at radius 2 is 1.94 bits per heavy atom. The van der Waals surface area contributed by atoms with Crippen LogP contribution in [0.1, 0.15) is 54.6 Å². The van der Waals surface area contributed by atoms with E-state index in [1.165, 1.54) is 11.9 Å². The molecule has 4 aromatic rings. The Morgan fingerprint density at radius 3 is 2.64 bits per heavy atom. The van der Waals surface area contributed by atoms with E-state index in [-0.39, 0.29) is 24.4 Å². The third kappa shape index (κ3) is 4.79. The Balaban J connectivity index is 0.00000304. The maximum absolute atomic E-state index is 13.4. The number of aromatic nitrogens is 4. The lowest BCUT2D eigenvalue weighted by molar-refractivity contribution is 0.0993. The summed E-state index contributed by atoms with van der Waals surface area (Å²) in [6.07, 6.45) is 3.58. The van der Waals surface area contributed by atoms with Crippen LogP contribution in [-0.2, 0) is 0 Å². The fourth-order valence-corrected chi connectivity index (χ4v) is 4.69. The zero-order valence-corrected chi connectivity index (χ0v) is 21.6. The molecule has 1 aliphatic rings. The van der Waals surface area contributed by atoms with Crippen LogP contribution in [0.15, 0.2) is 54.9 Å². The number of piperidine rings is 1. The van der Waals surface area contributed by atoms with Gasteiger partial charge in [0.2, 0.25) is 0 Å². The number of nitrogens with one attached hydrogen (secondary N) is 1. The van der Waals surface area contributed by atoms with Gasteiger partial charge in [-0.25, -0.2) is 14.6 Å². The van der Waals surface area contributed by atoms with Crippen molar-refractivity contribution in [1.29, 1.82) is 0 Å². The standard InChI is InChI=1S/C27H31N7O.ClH/c1-17(2)18-9-11-21(12-10-18)33(3)27(35)20-7-4-6-19(14-20)24-23-25(28)30-16-31-26(23)34(32-24)22-8-5-13-29-15-22;/h4,6-7,9-12,14,16-17,22,29H,5,8,13,15H2,1-3H3,(H2,28,30,31);1H/t22-;/m1./s1. The van der Waals surface area contributed by atoms with Crippen LogP contribution in [0.4, 0.5) is 11.5 Å². The molecule has 5 rings (SSSR count). The number of halogens is 1. The molecule has 1 amide bonds. The highest BCUT2D eigenvalue weighted by atomic mass is 35.5. The van der Waals surface area contributed by atoms with Crippen molar-refractivity contribution in [3.05, 3.63) is 66.0 Å². The van der Waals surface area contributed by atoms with Crippen LogP contribution in [0.25, 0.3) is 22.3 Å². The molecule has 3 heterocycles. The second-order valence-electron chi connectivity index (χ2n) is 9.44. The number of amides is 1. The van der Waals surface area contributed by atoms with E-state index in [0.29, 0.717) is 23.0 Å². The number of nitrogen functional groups attached to an aromatic ring is 1. The average Bonchev–Trinajstić information content (AvgIpc) is 3.29. The molecule has 1 fully saturated rings. The lowest BCUT2D eigenvalue weighted by Crippen LogP contribution is -2.32. The molecule has 0 aliphatic carbocycles. The van der Waals surface area contributed by atoms with Crippen molar-refractivity contribution in [2.45, 2.75) is 38.6 Å². The van der Waals surface area contributed by atoms with Gasteiger partial charge in [-0.05, 0) is 55.1 Å². The zero-order valence-electron chi connectivity index (χ0n) is 20.8. The molecule has 36 heavy (non-hydrogen) atoms. The first-order valence-electron chi connectivity index (χ1n) is 12.1. The van der Waals surface area contributed by atoms with Crippen molar-refractivity contribution in [2.75, 3.05) is 30.8 Å². The van der Waals surface area contributed by atoms with Crippen LogP contribution >= 0.6 is 12.4 Å². The van der Waals surface area contributed by atoms with Gasteiger partial charge in [-0.1, -0.05) is 38.1 Å². The van der Waals surface area contributed by atoms with Crippen molar-refractivity contribution in [1.82, 2.24) is 25.1 Å². The smallest absolute Gasteiger partial charge is 0.258 e. The molecule has 0 unspecified atom stereocenters. The summed E-state index contributed by atoms with van der Waals surface area (Å²) in [4.78, 5) is 23.8.